The number of ether oxygens (including phenoxy) is 2. The second-order valence-corrected chi connectivity index (χ2v) is 4.55. The van der Waals surface area contributed by atoms with Crippen LogP contribution in [0.3, 0.4) is 0 Å². The van der Waals surface area contributed by atoms with Crippen molar-refractivity contribution in [3.05, 3.63) is 47.8 Å². The molecule has 1 aliphatic rings. The van der Waals surface area contributed by atoms with Crippen molar-refractivity contribution in [2.75, 3.05) is 19.2 Å². The molecule has 0 radical (unpaired) electrons. The Hall–Kier alpha value is -2.76. The van der Waals surface area contributed by atoms with Crippen LogP contribution in [0, 0.1) is 0 Å². The molecule has 2 heterocycles. The first-order valence-electron chi connectivity index (χ1n) is 6.57. The third-order valence-corrected chi connectivity index (χ3v) is 3.17. The molecule has 0 atom stereocenters. The van der Waals surface area contributed by atoms with Gasteiger partial charge in [-0.1, -0.05) is 6.07 Å². The zero-order valence-electron chi connectivity index (χ0n) is 11.6. The molecule has 0 aliphatic carbocycles. The number of carbonyl (C=O) groups is 1. The van der Waals surface area contributed by atoms with E-state index in [-0.39, 0.29) is 12.7 Å². The smallest absolute Gasteiger partial charge is 0.270 e. The highest BCUT2D eigenvalue weighted by atomic mass is 16.7. The number of benzene rings is 1. The number of nitrogens with zero attached hydrogens (tertiary/aromatic N) is 1. The first-order chi connectivity index (χ1) is 10.3. The van der Waals surface area contributed by atoms with Crippen LogP contribution < -0.4 is 20.1 Å². The molecule has 108 valence electrons. The molecule has 1 aromatic carbocycles. The number of fused-ring (bicyclic) bond motifs is 1. The van der Waals surface area contributed by atoms with Gasteiger partial charge in [0.2, 0.25) is 6.79 Å². The quantitative estimate of drug-likeness (QED) is 0.896. The van der Waals surface area contributed by atoms with Crippen LogP contribution in [0.4, 0.5) is 5.69 Å². The van der Waals surface area contributed by atoms with E-state index in [9.17, 15) is 4.79 Å². The van der Waals surface area contributed by atoms with Crippen LogP contribution >= 0.6 is 0 Å². The van der Waals surface area contributed by atoms with Crippen LogP contribution in [-0.4, -0.2) is 24.7 Å². The van der Waals surface area contributed by atoms with Crippen molar-refractivity contribution in [1.82, 2.24) is 10.3 Å². The Morgan fingerprint density at radius 3 is 2.86 bits per heavy atom. The largest absolute Gasteiger partial charge is 0.454 e. The first kappa shape index (κ1) is 13.2. The van der Waals surface area contributed by atoms with Crippen molar-refractivity contribution in [2.45, 2.75) is 6.54 Å². The maximum atomic E-state index is 12.0. The van der Waals surface area contributed by atoms with Crippen molar-refractivity contribution < 1.29 is 14.3 Å². The van der Waals surface area contributed by atoms with Crippen molar-refractivity contribution >= 4 is 11.6 Å². The first-order valence-corrected chi connectivity index (χ1v) is 6.57. The number of pyridine rings is 1. The van der Waals surface area contributed by atoms with Gasteiger partial charge in [-0.05, 0) is 29.8 Å². The number of aromatic nitrogens is 1. The molecule has 6 heteroatoms. The Morgan fingerprint density at radius 2 is 2.10 bits per heavy atom. The summed E-state index contributed by atoms with van der Waals surface area (Å²) in [5, 5.41) is 5.78. The number of nitrogens with one attached hydrogen (secondary N) is 2. The summed E-state index contributed by atoms with van der Waals surface area (Å²) in [7, 11) is 1.80. The van der Waals surface area contributed by atoms with Crippen LogP contribution in [0.1, 0.15) is 16.1 Å². The lowest BCUT2D eigenvalue weighted by Gasteiger charge is -2.06. The van der Waals surface area contributed by atoms with Gasteiger partial charge in [0, 0.05) is 13.6 Å². The molecule has 0 fully saturated rings. The van der Waals surface area contributed by atoms with E-state index < -0.39 is 0 Å². The number of hydrogen-bond acceptors (Lipinski definition) is 5. The van der Waals surface area contributed by atoms with Crippen LogP contribution in [-0.2, 0) is 6.54 Å². The predicted octanol–water partition coefficient (Wildman–Crippen LogP) is 1.78. The summed E-state index contributed by atoms with van der Waals surface area (Å²) in [6.07, 6.45) is 1.62. The number of carbonyl (C=O) groups excluding carboxylic acids is 1. The molecule has 21 heavy (non-hydrogen) atoms. The van der Waals surface area contributed by atoms with Gasteiger partial charge in [-0.2, -0.15) is 0 Å². The second-order valence-electron chi connectivity index (χ2n) is 4.55. The van der Waals surface area contributed by atoms with E-state index in [0.717, 1.165) is 17.0 Å². The summed E-state index contributed by atoms with van der Waals surface area (Å²) >= 11 is 0. The lowest BCUT2D eigenvalue weighted by atomic mass is 10.2. The fourth-order valence-electron chi connectivity index (χ4n) is 2.00. The molecule has 0 spiro atoms. The van der Waals surface area contributed by atoms with Gasteiger partial charge in [0.25, 0.3) is 5.91 Å². The zero-order chi connectivity index (χ0) is 14.7. The highest BCUT2D eigenvalue weighted by molar-refractivity contribution is 5.92. The van der Waals surface area contributed by atoms with E-state index in [1.165, 1.54) is 0 Å². The van der Waals surface area contributed by atoms with Crippen molar-refractivity contribution in [1.29, 1.82) is 0 Å². The molecule has 2 aromatic rings. The minimum atomic E-state index is -0.213. The summed E-state index contributed by atoms with van der Waals surface area (Å²) in [6, 6.07) is 9.08. The van der Waals surface area contributed by atoms with Crippen molar-refractivity contribution in [3.63, 3.8) is 0 Å². The lowest BCUT2D eigenvalue weighted by Crippen LogP contribution is -2.23. The maximum Gasteiger partial charge on any atom is 0.270 e. The van der Waals surface area contributed by atoms with Crippen LogP contribution in [0.15, 0.2) is 36.5 Å². The molecule has 1 aliphatic heterocycles. The van der Waals surface area contributed by atoms with Gasteiger partial charge < -0.3 is 20.1 Å². The number of rotatable bonds is 4. The van der Waals surface area contributed by atoms with Gasteiger partial charge in [0.15, 0.2) is 11.5 Å². The van der Waals surface area contributed by atoms with Crippen LogP contribution in [0.2, 0.25) is 0 Å². The minimum Gasteiger partial charge on any atom is -0.454 e. The van der Waals surface area contributed by atoms with E-state index in [2.05, 4.69) is 15.6 Å². The highest BCUT2D eigenvalue weighted by Crippen LogP contribution is 2.32. The van der Waals surface area contributed by atoms with Gasteiger partial charge in [-0.15, -0.1) is 0 Å². The van der Waals surface area contributed by atoms with E-state index in [0.29, 0.717) is 18.0 Å². The van der Waals surface area contributed by atoms with E-state index in [4.69, 9.17) is 9.47 Å². The van der Waals surface area contributed by atoms with E-state index in [1.54, 1.807) is 19.3 Å². The Bertz CT molecular complexity index is 656. The Morgan fingerprint density at radius 1 is 1.24 bits per heavy atom. The van der Waals surface area contributed by atoms with Gasteiger partial charge in [0.1, 0.15) is 5.69 Å². The van der Waals surface area contributed by atoms with Gasteiger partial charge >= 0.3 is 0 Å². The average Bonchev–Trinajstić information content (AvgIpc) is 3.00. The molecule has 2 N–H and O–H groups in total. The van der Waals surface area contributed by atoms with Gasteiger partial charge in [-0.25, -0.2) is 4.98 Å². The number of hydrogen-bond donors (Lipinski definition) is 2. The van der Waals surface area contributed by atoms with Gasteiger partial charge in [-0.3, -0.25) is 4.79 Å². The molecular weight excluding hydrogens is 270 g/mol. The normalized spacial score (nSPS) is 12.0. The Labute approximate surface area is 122 Å². The molecule has 1 amide bonds. The third kappa shape index (κ3) is 2.89. The Kier molecular flexibility index (Phi) is 3.59. The fourth-order valence-corrected chi connectivity index (χ4v) is 2.00. The lowest BCUT2D eigenvalue weighted by molar-refractivity contribution is 0.0946. The molecule has 0 saturated heterocycles. The molecular formula is C15H15N3O3. The summed E-state index contributed by atoms with van der Waals surface area (Å²) in [6.45, 7) is 0.651. The van der Waals surface area contributed by atoms with E-state index in [1.807, 2.05) is 24.3 Å². The average molecular weight is 285 g/mol. The second kappa shape index (κ2) is 5.70. The van der Waals surface area contributed by atoms with E-state index >= 15 is 0 Å². The molecule has 0 bridgehead atoms. The molecule has 6 nitrogen and oxygen atoms in total. The number of amides is 1. The highest BCUT2D eigenvalue weighted by Gasteiger charge is 2.13. The summed E-state index contributed by atoms with van der Waals surface area (Å²) in [4.78, 5) is 16.1. The summed E-state index contributed by atoms with van der Waals surface area (Å²) < 4.78 is 10.5. The molecule has 3 rings (SSSR count). The Balaban J connectivity index is 1.62. The number of anilines is 1. The molecule has 0 saturated carbocycles. The van der Waals surface area contributed by atoms with Crippen LogP contribution in [0.25, 0.3) is 0 Å². The SMILES string of the molecule is CNc1ccc(C(=O)NCc2ccc3c(c2)OCO3)nc1. The topological polar surface area (TPSA) is 72.5 Å². The van der Waals surface area contributed by atoms with Crippen molar-refractivity contribution in [2.24, 2.45) is 0 Å². The van der Waals surface area contributed by atoms with Gasteiger partial charge in [0.05, 0.1) is 11.9 Å². The zero-order valence-corrected chi connectivity index (χ0v) is 11.6. The minimum absolute atomic E-state index is 0.213. The third-order valence-electron chi connectivity index (χ3n) is 3.17. The van der Waals surface area contributed by atoms with Crippen LogP contribution in [0.5, 0.6) is 11.5 Å². The predicted molar refractivity (Wildman–Crippen MR) is 77.5 cm³/mol. The molecule has 0 unspecified atom stereocenters. The maximum absolute atomic E-state index is 12.0. The monoisotopic (exact) mass is 285 g/mol. The molecule has 1 aromatic heterocycles. The summed E-state index contributed by atoms with van der Waals surface area (Å²) in [5.41, 5.74) is 2.19. The standard InChI is InChI=1S/C15H15N3O3/c1-16-11-3-4-12(17-8-11)15(19)18-7-10-2-5-13-14(6-10)21-9-20-13/h2-6,8,16H,7,9H2,1H3,(H,18,19). The van der Waals surface area contributed by atoms with Crippen molar-refractivity contribution in [3.8, 4) is 11.5 Å². The fraction of sp³-hybridized carbons (Fsp3) is 0.200. The summed E-state index contributed by atoms with van der Waals surface area (Å²) in [5.74, 6) is 1.22.